The molecule has 290 valence electrons. The van der Waals surface area contributed by atoms with E-state index < -0.39 is 86.7 Å². The molecular formula is C32H36F8N2O9S. The summed E-state index contributed by atoms with van der Waals surface area (Å²) < 4.78 is 141. The molecule has 2 rings (SSSR count). The van der Waals surface area contributed by atoms with Crippen LogP contribution in [0.25, 0.3) is 0 Å². The number of carbonyl (C=O) groups excluding carboxylic acids is 3. The van der Waals surface area contributed by atoms with E-state index in [0.29, 0.717) is 12.8 Å². The highest BCUT2D eigenvalue weighted by Gasteiger charge is 2.57. The van der Waals surface area contributed by atoms with Gasteiger partial charge in [0.1, 0.15) is 13.2 Å². The molecule has 0 fully saturated rings. The fourth-order valence-corrected chi connectivity index (χ4v) is 3.54. The van der Waals surface area contributed by atoms with Crippen molar-refractivity contribution in [2.45, 2.75) is 72.0 Å². The molecule has 52 heavy (non-hydrogen) atoms. The molecular weight excluding hydrogens is 740 g/mol. The number of alkyl halides is 8. The number of hydrogen-bond donors (Lipinski definition) is 0. The molecule has 0 saturated heterocycles. The molecule has 0 spiro atoms. The first-order valence-electron chi connectivity index (χ1n) is 15.0. The van der Waals surface area contributed by atoms with Gasteiger partial charge in [0.25, 0.3) is 0 Å². The number of carbonyl (C=O) groups is 3. The lowest BCUT2D eigenvalue weighted by Crippen LogP contribution is -2.40. The Kier molecular flexibility index (Phi) is 15.9. The van der Waals surface area contributed by atoms with Crippen LogP contribution in [-0.4, -0.2) is 68.6 Å². The van der Waals surface area contributed by atoms with Crippen LogP contribution < -0.4 is 0 Å². The number of hydrogen-bond acceptors (Lipinski definition) is 11. The lowest BCUT2D eigenvalue weighted by atomic mass is 9.91. The maximum absolute atomic E-state index is 13.9. The second-order valence-electron chi connectivity index (χ2n) is 11.8. The van der Waals surface area contributed by atoms with E-state index in [1.165, 1.54) is 30.3 Å². The fraction of sp³-hybridized carbons (Fsp3) is 0.469. The van der Waals surface area contributed by atoms with E-state index in [-0.39, 0.29) is 5.56 Å². The van der Waals surface area contributed by atoms with E-state index in [9.17, 15) is 57.9 Å². The van der Waals surface area contributed by atoms with Gasteiger partial charge in [-0.3, -0.25) is 9.08 Å². The van der Waals surface area contributed by atoms with Crippen LogP contribution in [0.1, 0.15) is 65.5 Å². The smallest absolute Gasteiger partial charge is 0.462 e. The molecule has 0 unspecified atom stereocenters. The maximum atomic E-state index is 13.9. The summed E-state index contributed by atoms with van der Waals surface area (Å²) in [5, 5.41) is -0.0825. The minimum Gasteiger partial charge on any atom is -0.462 e. The summed E-state index contributed by atoms with van der Waals surface area (Å²) in [7, 11) is -6.31. The van der Waals surface area contributed by atoms with Crippen molar-refractivity contribution >= 4 is 39.4 Å². The van der Waals surface area contributed by atoms with Crippen LogP contribution >= 0.6 is 0 Å². The van der Waals surface area contributed by atoms with Crippen molar-refractivity contribution in [3.05, 3.63) is 71.8 Å². The molecule has 0 amide bonds. The van der Waals surface area contributed by atoms with E-state index in [1.54, 1.807) is 47.6 Å². The highest BCUT2D eigenvalue weighted by atomic mass is 32.2. The van der Waals surface area contributed by atoms with E-state index in [2.05, 4.69) is 24.2 Å². The van der Waals surface area contributed by atoms with Gasteiger partial charge in [-0.25, -0.2) is 9.59 Å². The normalized spacial score (nSPS) is 13.3. The highest BCUT2D eigenvalue weighted by molar-refractivity contribution is 7.88. The Morgan fingerprint density at radius 2 is 0.962 bits per heavy atom. The Morgan fingerprint density at radius 1 is 0.596 bits per heavy atom. The molecule has 0 saturated carbocycles. The molecule has 0 aliphatic rings. The summed E-state index contributed by atoms with van der Waals surface area (Å²) in [6.45, 7) is 8.10. The Bertz CT molecular complexity index is 1680. The molecule has 0 N–H and O–H groups in total. The zero-order valence-electron chi connectivity index (χ0n) is 28.6. The van der Waals surface area contributed by atoms with Crippen LogP contribution in [0.4, 0.5) is 35.1 Å². The molecule has 2 aromatic rings. The number of benzene rings is 2. The number of oxime groups is 2. The van der Waals surface area contributed by atoms with Gasteiger partial charge in [-0.15, -0.1) is 0 Å². The van der Waals surface area contributed by atoms with Crippen LogP contribution in [-0.2, 0) is 43.1 Å². The molecule has 0 aliphatic carbocycles. The molecule has 20 heteroatoms. The van der Waals surface area contributed by atoms with Gasteiger partial charge in [-0.1, -0.05) is 84.8 Å². The quantitative estimate of drug-likeness (QED) is 0.0480. The Balaban J connectivity index is 0.000000578. The van der Waals surface area contributed by atoms with Gasteiger partial charge in [0.15, 0.2) is 11.4 Å². The van der Waals surface area contributed by atoms with Crippen molar-refractivity contribution in [2.24, 2.45) is 21.1 Å². The SMILES string of the molecule is CCC(C)(C)C(=O)O/N=C(\c1ccccc1)C(F)(F)F.CCC(C)(C)C(=O)OCCOC(=O)C(F)(F)S(=O)(=O)O/N=C(\c1ccccc1)C(F)(F)F. The predicted octanol–water partition coefficient (Wildman–Crippen LogP) is 7.35. The topological polar surface area (TPSA) is 147 Å². The van der Waals surface area contributed by atoms with Gasteiger partial charge in [0, 0.05) is 11.1 Å². The lowest BCUT2D eigenvalue weighted by Gasteiger charge is -2.20. The lowest BCUT2D eigenvalue weighted by molar-refractivity contribution is -0.167. The van der Waals surface area contributed by atoms with Crippen molar-refractivity contribution < 1.29 is 76.5 Å². The van der Waals surface area contributed by atoms with E-state index >= 15 is 0 Å². The minimum atomic E-state index is -6.31. The van der Waals surface area contributed by atoms with Crippen LogP contribution in [0.2, 0.25) is 0 Å². The predicted molar refractivity (Wildman–Crippen MR) is 169 cm³/mol. The summed E-state index contributed by atoms with van der Waals surface area (Å²) in [5.41, 5.74) is -5.73. The number of esters is 2. The Labute approximate surface area is 294 Å². The van der Waals surface area contributed by atoms with Crippen LogP contribution in [0.15, 0.2) is 71.0 Å². The molecule has 2 aromatic carbocycles. The Hall–Kier alpha value is -4.62. The molecule has 0 aliphatic heterocycles. The van der Waals surface area contributed by atoms with Crippen molar-refractivity contribution in [3.8, 4) is 0 Å². The van der Waals surface area contributed by atoms with Crippen LogP contribution in [0, 0.1) is 10.8 Å². The van der Waals surface area contributed by atoms with Crippen molar-refractivity contribution in [1.29, 1.82) is 0 Å². The standard InChI is InChI=1S/C18H20F5NO7S.C14H16F3NO2/c1-4-16(2,3)14(25)29-10-11-30-15(26)18(22,23)32(27,28)31-24-13(17(19,20)21)12-8-6-5-7-9-12;1-4-13(2,3)12(19)20-18-11(14(15,16)17)10-8-6-5-7-9-10/h5-9H,4,10-11H2,1-3H3;5-9H,4H2,1-3H3/b24-13+;18-11+. The highest BCUT2D eigenvalue weighted by Crippen LogP contribution is 2.29. The minimum absolute atomic E-state index is 0.151. The van der Waals surface area contributed by atoms with Gasteiger partial charge in [0.05, 0.1) is 10.8 Å². The summed E-state index contributed by atoms with van der Waals surface area (Å²) in [4.78, 5) is 39.3. The average molecular weight is 777 g/mol. The third-order valence-electron chi connectivity index (χ3n) is 7.05. The second-order valence-corrected chi connectivity index (χ2v) is 13.3. The van der Waals surface area contributed by atoms with Gasteiger partial charge in [-0.05, 0) is 40.5 Å². The third-order valence-corrected chi connectivity index (χ3v) is 8.12. The second kappa shape index (κ2) is 18.2. The van der Waals surface area contributed by atoms with Gasteiger partial charge >= 0.3 is 45.6 Å². The average Bonchev–Trinajstić information content (AvgIpc) is 3.06. The Morgan fingerprint density at radius 3 is 1.35 bits per heavy atom. The van der Waals surface area contributed by atoms with Crippen molar-refractivity contribution in [1.82, 2.24) is 0 Å². The van der Waals surface area contributed by atoms with Crippen molar-refractivity contribution in [2.75, 3.05) is 13.2 Å². The zero-order valence-corrected chi connectivity index (χ0v) is 29.4. The summed E-state index contributed by atoms with van der Waals surface area (Å²) in [6, 6.07) is 12.4. The fourth-order valence-electron chi connectivity index (χ4n) is 3.01. The van der Waals surface area contributed by atoms with Gasteiger partial charge in [-0.2, -0.15) is 43.5 Å². The molecule has 0 aromatic heterocycles. The molecule has 0 atom stereocenters. The number of rotatable bonds is 14. The number of ether oxygens (including phenoxy) is 2. The zero-order chi connectivity index (χ0) is 40.2. The van der Waals surface area contributed by atoms with Gasteiger partial charge in [0.2, 0.25) is 0 Å². The summed E-state index contributed by atoms with van der Waals surface area (Å²) in [6.07, 6.45) is -9.13. The van der Waals surface area contributed by atoms with E-state index in [0.717, 1.165) is 24.3 Å². The summed E-state index contributed by atoms with van der Waals surface area (Å²) >= 11 is 0. The number of halogens is 8. The first kappa shape index (κ1) is 45.4. The first-order valence-corrected chi connectivity index (χ1v) is 16.4. The molecule has 11 nitrogen and oxygen atoms in total. The molecule has 0 bridgehead atoms. The molecule has 0 heterocycles. The van der Waals surface area contributed by atoms with Crippen LogP contribution in [0.3, 0.4) is 0 Å². The van der Waals surface area contributed by atoms with Gasteiger partial charge < -0.3 is 14.3 Å². The molecule has 0 radical (unpaired) electrons. The summed E-state index contributed by atoms with van der Waals surface area (Å²) in [5.74, 6) is -4.15. The van der Waals surface area contributed by atoms with E-state index in [4.69, 9.17) is 4.74 Å². The third kappa shape index (κ3) is 13.2. The van der Waals surface area contributed by atoms with E-state index in [1.807, 2.05) is 0 Å². The maximum Gasteiger partial charge on any atom is 0.478 e. The monoisotopic (exact) mass is 776 g/mol. The largest absolute Gasteiger partial charge is 0.478 e. The van der Waals surface area contributed by atoms with Crippen LogP contribution in [0.5, 0.6) is 0 Å². The number of nitrogens with zero attached hydrogens (tertiary/aromatic N) is 2. The first-order chi connectivity index (χ1) is 23.7. The van der Waals surface area contributed by atoms with Crippen molar-refractivity contribution in [3.63, 3.8) is 0 Å².